The van der Waals surface area contributed by atoms with Crippen LogP contribution in [-0.4, -0.2) is 33.0 Å². The Morgan fingerprint density at radius 2 is 2.09 bits per heavy atom. The summed E-state index contributed by atoms with van der Waals surface area (Å²) in [5.41, 5.74) is -0.397. The van der Waals surface area contributed by atoms with Gasteiger partial charge in [-0.1, -0.05) is 13.8 Å². The van der Waals surface area contributed by atoms with Crippen LogP contribution in [0.1, 0.15) is 44.1 Å². The number of H-pyrrole nitrogens is 1. The molecule has 176 valence electrons. The summed E-state index contributed by atoms with van der Waals surface area (Å²) >= 11 is 0. The fourth-order valence-electron chi connectivity index (χ4n) is 4.39. The number of nitrogens with one attached hydrogen (secondary N) is 1. The first kappa shape index (κ1) is 23.2. The molecular formula is C24H21F3N4O3. The van der Waals surface area contributed by atoms with Gasteiger partial charge in [0.2, 0.25) is 0 Å². The first-order valence-corrected chi connectivity index (χ1v) is 10.4. The molecule has 0 aliphatic heterocycles. The highest BCUT2D eigenvalue weighted by Gasteiger charge is 2.37. The maximum absolute atomic E-state index is 15.8. The number of nitrogens with zero attached hydrogens (tertiary/aromatic N) is 3. The lowest BCUT2D eigenvalue weighted by Gasteiger charge is -2.27. The van der Waals surface area contributed by atoms with Crippen LogP contribution in [0.3, 0.4) is 0 Å². The van der Waals surface area contributed by atoms with E-state index in [0.717, 1.165) is 6.07 Å². The number of hydrogen-bond donors (Lipinski definition) is 2. The summed E-state index contributed by atoms with van der Waals surface area (Å²) < 4.78 is 52.3. The van der Waals surface area contributed by atoms with Crippen LogP contribution < -0.4 is 4.74 Å². The summed E-state index contributed by atoms with van der Waals surface area (Å²) in [7, 11) is 1.29. The molecule has 0 bridgehead atoms. The molecule has 4 rings (SSSR count). The number of ether oxygens (including phenoxy) is 1. The Labute approximate surface area is 192 Å². The van der Waals surface area contributed by atoms with Crippen LogP contribution in [0.15, 0.2) is 30.5 Å². The fourth-order valence-corrected chi connectivity index (χ4v) is 4.39. The molecule has 34 heavy (non-hydrogen) atoms. The number of benzene rings is 2. The molecule has 0 saturated heterocycles. The van der Waals surface area contributed by atoms with Crippen LogP contribution >= 0.6 is 0 Å². The van der Waals surface area contributed by atoms with Gasteiger partial charge in [-0.2, -0.15) is 10.4 Å². The van der Waals surface area contributed by atoms with E-state index in [1.807, 2.05) is 0 Å². The summed E-state index contributed by atoms with van der Waals surface area (Å²) in [5, 5.41) is 25.4. The number of methoxy groups -OCH3 is 1. The normalized spacial score (nSPS) is 12.7. The van der Waals surface area contributed by atoms with Crippen molar-refractivity contribution in [2.45, 2.75) is 38.3 Å². The van der Waals surface area contributed by atoms with E-state index in [4.69, 9.17) is 4.74 Å². The Kier molecular flexibility index (Phi) is 5.73. The molecule has 0 amide bonds. The minimum atomic E-state index is -2.08. The Hall–Kier alpha value is -4.00. The van der Waals surface area contributed by atoms with Gasteiger partial charge in [0.05, 0.1) is 31.3 Å². The average molecular weight is 470 g/mol. The summed E-state index contributed by atoms with van der Waals surface area (Å²) in [4.78, 5) is 11.4. The maximum Gasteiger partial charge on any atom is 0.306 e. The molecule has 0 radical (unpaired) electrons. The van der Waals surface area contributed by atoms with Gasteiger partial charge in [-0.3, -0.25) is 9.89 Å². The molecule has 0 aliphatic carbocycles. The topological polar surface area (TPSA) is 104 Å². The van der Waals surface area contributed by atoms with Gasteiger partial charge in [-0.25, -0.2) is 13.2 Å². The van der Waals surface area contributed by atoms with Crippen LogP contribution in [0.2, 0.25) is 0 Å². The number of hydrogen-bond acceptors (Lipinski definition) is 4. The van der Waals surface area contributed by atoms with Gasteiger partial charge in [0.1, 0.15) is 11.7 Å². The summed E-state index contributed by atoms with van der Waals surface area (Å²) in [6.45, 7) is 3.37. The lowest BCUT2D eigenvalue weighted by atomic mass is 9.82. The minimum absolute atomic E-state index is 0.0368. The molecule has 10 heteroatoms. The van der Waals surface area contributed by atoms with Crippen LogP contribution in [0, 0.1) is 23.0 Å². The number of fused-ring (bicyclic) bond motifs is 2. The summed E-state index contributed by atoms with van der Waals surface area (Å²) in [6, 6.07) is 7.63. The van der Waals surface area contributed by atoms with Crippen molar-refractivity contribution < 1.29 is 27.8 Å². The molecule has 4 aromatic rings. The van der Waals surface area contributed by atoms with E-state index in [-0.39, 0.29) is 39.8 Å². The third-order valence-electron chi connectivity index (χ3n) is 5.87. The lowest BCUT2D eigenvalue weighted by Crippen LogP contribution is -2.23. The van der Waals surface area contributed by atoms with E-state index in [1.54, 1.807) is 19.9 Å². The quantitative estimate of drug-likeness (QED) is 0.373. The smallest absolute Gasteiger partial charge is 0.306 e. The number of nitriles is 1. The van der Waals surface area contributed by atoms with Gasteiger partial charge >= 0.3 is 5.97 Å². The van der Waals surface area contributed by atoms with Crippen molar-refractivity contribution in [2.75, 3.05) is 7.11 Å². The Morgan fingerprint density at radius 3 is 2.74 bits per heavy atom. The van der Waals surface area contributed by atoms with Gasteiger partial charge in [0.25, 0.3) is 0 Å². The highest BCUT2D eigenvalue weighted by molar-refractivity contribution is 6.00. The average Bonchev–Trinajstić information content (AvgIpc) is 3.37. The molecule has 0 fully saturated rings. The van der Waals surface area contributed by atoms with Crippen molar-refractivity contribution in [1.82, 2.24) is 14.8 Å². The molecule has 2 N–H and O–H groups in total. The maximum atomic E-state index is 15.8. The fraction of sp³-hybridized carbons (Fsp3) is 0.292. The van der Waals surface area contributed by atoms with Crippen molar-refractivity contribution in [3.63, 3.8) is 0 Å². The molecular weight excluding hydrogens is 449 g/mol. The van der Waals surface area contributed by atoms with E-state index in [9.17, 15) is 19.6 Å². The van der Waals surface area contributed by atoms with Crippen LogP contribution in [0.5, 0.6) is 5.75 Å². The second-order valence-electron chi connectivity index (χ2n) is 8.62. The molecule has 0 aliphatic rings. The summed E-state index contributed by atoms with van der Waals surface area (Å²) in [6.07, 6.45) is -1.65. The van der Waals surface area contributed by atoms with Gasteiger partial charge in [0, 0.05) is 45.6 Å². The number of carbonyl (C=O) groups is 1. The highest BCUT2D eigenvalue weighted by atomic mass is 19.1. The van der Waals surface area contributed by atoms with E-state index in [0.29, 0.717) is 11.1 Å². The highest BCUT2D eigenvalue weighted by Crippen LogP contribution is 2.45. The van der Waals surface area contributed by atoms with Gasteiger partial charge < -0.3 is 14.4 Å². The second kappa shape index (κ2) is 8.41. The van der Waals surface area contributed by atoms with Crippen LogP contribution in [0.25, 0.3) is 27.5 Å². The van der Waals surface area contributed by atoms with Crippen molar-refractivity contribution >= 4 is 27.8 Å². The van der Waals surface area contributed by atoms with Crippen LogP contribution in [-0.2, 0) is 10.2 Å². The van der Waals surface area contributed by atoms with Crippen LogP contribution in [0.4, 0.5) is 13.2 Å². The number of halogens is 3. The predicted octanol–water partition coefficient (Wildman–Crippen LogP) is 5.47. The Bertz CT molecular complexity index is 1470. The van der Waals surface area contributed by atoms with E-state index in [2.05, 4.69) is 16.3 Å². The molecule has 2 heterocycles. The number of carboxylic acids is 1. The van der Waals surface area contributed by atoms with Crippen molar-refractivity contribution in [1.29, 1.82) is 5.26 Å². The largest absolute Gasteiger partial charge is 0.494 e. The Balaban J connectivity index is 2.23. The standard InChI is InChI=1S/C24H21F3N4O3/c1-24(2,6-7-28)23-19(15(26)10-18(32)33)20-16(8-12-11-29-30-22(12)21(20)27)31(23)13-4-5-14(25)17(9-13)34-3/h4-5,8-9,11,15H,6,10H2,1-3H3,(H,29,30)(H,32,33)/t15-/m1/s1. The van der Waals surface area contributed by atoms with Crippen molar-refractivity contribution in [2.24, 2.45) is 0 Å². The number of alkyl halides is 1. The zero-order valence-electron chi connectivity index (χ0n) is 18.6. The summed E-state index contributed by atoms with van der Waals surface area (Å²) in [5.74, 6) is -2.91. The first-order chi connectivity index (χ1) is 16.1. The molecule has 2 aromatic carbocycles. The third kappa shape index (κ3) is 3.63. The lowest BCUT2D eigenvalue weighted by molar-refractivity contribution is -0.138. The zero-order valence-corrected chi connectivity index (χ0v) is 18.6. The zero-order chi connectivity index (χ0) is 24.8. The molecule has 7 nitrogen and oxygen atoms in total. The number of aromatic nitrogens is 3. The monoisotopic (exact) mass is 470 g/mol. The van der Waals surface area contributed by atoms with E-state index >= 15 is 8.78 Å². The van der Waals surface area contributed by atoms with Crippen molar-refractivity contribution in [3.8, 4) is 17.5 Å². The molecule has 0 spiro atoms. The van der Waals surface area contributed by atoms with Gasteiger partial charge in [0.15, 0.2) is 17.4 Å². The third-order valence-corrected chi connectivity index (χ3v) is 5.87. The van der Waals surface area contributed by atoms with Crippen molar-refractivity contribution in [3.05, 3.63) is 53.4 Å². The molecule has 0 saturated carbocycles. The van der Waals surface area contributed by atoms with Gasteiger partial charge in [-0.05, 0) is 18.2 Å². The van der Waals surface area contributed by atoms with E-state index in [1.165, 1.54) is 30.0 Å². The molecule has 1 atom stereocenters. The Morgan fingerprint density at radius 1 is 1.35 bits per heavy atom. The predicted molar refractivity (Wildman–Crippen MR) is 119 cm³/mol. The first-order valence-electron chi connectivity index (χ1n) is 10.4. The van der Waals surface area contributed by atoms with Gasteiger partial charge in [-0.15, -0.1) is 0 Å². The number of aliphatic carboxylic acids is 1. The second-order valence-corrected chi connectivity index (χ2v) is 8.62. The molecule has 0 unspecified atom stereocenters. The number of carboxylic acid groups (broad SMARTS) is 1. The number of aromatic amines is 1. The van der Waals surface area contributed by atoms with E-state index < -0.39 is 35.6 Å². The SMILES string of the molecule is COc1cc(-n2c(C(C)(C)CC#N)c([C@H](F)CC(=O)O)c3c(F)c4[nH]ncc4cc32)ccc1F. The number of rotatable bonds is 7. The minimum Gasteiger partial charge on any atom is -0.494 e. The molecule has 2 aromatic heterocycles.